The van der Waals surface area contributed by atoms with Crippen LogP contribution in [-0.2, 0) is 24.7 Å². The highest BCUT2D eigenvalue weighted by molar-refractivity contribution is 5.91. The molecular formula is C20H16O6. The van der Waals surface area contributed by atoms with Crippen molar-refractivity contribution < 1.29 is 29.3 Å². The number of carbonyl (C=O) groups excluding carboxylic acids is 1. The van der Waals surface area contributed by atoms with Crippen LogP contribution in [0, 0.1) is 11.8 Å². The van der Waals surface area contributed by atoms with Crippen LogP contribution in [0.15, 0.2) is 48.5 Å². The van der Waals surface area contributed by atoms with Gasteiger partial charge in [-0.05, 0) is 16.7 Å². The Labute approximate surface area is 149 Å². The van der Waals surface area contributed by atoms with Gasteiger partial charge in [-0.25, -0.2) is 0 Å². The molecule has 0 bridgehead atoms. The zero-order chi connectivity index (χ0) is 18.6. The fourth-order valence-electron chi connectivity index (χ4n) is 4.67. The van der Waals surface area contributed by atoms with Gasteiger partial charge in [0.2, 0.25) is 0 Å². The molecule has 2 aromatic carbocycles. The normalized spacial score (nSPS) is 28.0. The standard InChI is InChI=1S/C20H16O6/c1-10(21)26-20-14-9-5-4-7-12(14)11-6-2-3-8-13(11)16(20)15(18(22)23)17(20)19(24)25/h2-9,15-17H,1H3,(H,22,23)(H,24,25)/t15-,16?,17+,20+/m0/s1. The number of rotatable bonds is 3. The van der Waals surface area contributed by atoms with Crippen molar-refractivity contribution in [2.45, 2.75) is 18.4 Å². The van der Waals surface area contributed by atoms with Crippen molar-refractivity contribution in [3.8, 4) is 11.1 Å². The van der Waals surface area contributed by atoms with Gasteiger partial charge in [-0.15, -0.1) is 0 Å². The van der Waals surface area contributed by atoms with Crippen LogP contribution in [0.4, 0.5) is 0 Å². The third kappa shape index (κ3) is 1.89. The van der Waals surface area contributed by atoms with Gasteiger partial charge in [0.15, 0.2) is 5.60 Å². The predicted octanol–water partition coefficient (Wildman–Crippen LogP) is 2.62. The Morgan fingerprint density at radius 3 is 2.15 bits per heavy atom. The number of benzene rings is 2. The molecule has 6 nitrogen and oxygen atoms in total. The molecule has 2 aliphatic rings. The smallest absolute Gasteiger partial charge is 0.311 e. The minimum absolute atomic E-state index is 0.545. The molecule has 2 aromatic rings. The molecule has 2 N–H and O–H groups in total. The highest BCUT2D eigenvalue weighted by atomic mass is 16.6. The number of hydrogen-bond donors (Lipinski definition) is 2. The minimum atomic E-state index is -1.52. The van der Waals surface area contributed by atoms with Gasteiger partial charge in [-0.2, -0.15) is 0 Å². The van der Waals surface area contributed by atoms with Gasteiger partial charge in [0.25, 0.3) is 0 Å². The SMILES string of the molecule is CC(=O)O[C@]12c3ccccc3-c3ccccc3C1[C@H](C(=O)O)[C@@H]2C(=O)O. The van der Waals surface area contributed by atoms with Crippen molar-refractivity contribution in [2.24, 2.45) is 11.8 Å². The summed E-state index contributed by atoms with van der Waals surface area (Å²) in [5, 5.41) is 19.5. The summed E-state index contributed by atoms with van der Waals surface area (Å²) >= 11 is 0. The lowest BCUT2D eigenvalue weighted by Gasteiger charge is -2.59. The lowest BCUT2D eigenvalue weighted by atomic mass is 9.46. The summed E-state index contributed by atoms with van der Waals surface area (Å²) in [6.07, 6.45) is 0. The van der Waals surface area contributed by atoms with E-state index < -0.39 is 41.3 Å². The van der Waals surface area contributed by atoms with E-state index in [0.717, 1.165) is 11.1 Å². The number of ether oxygens (including phenoxy) is 1. The van der Waals surface area contributed by atoms with Crippen molar-refractivity contribution in [1.29, 1.82) is 0 Å². The Morgan fingerprint density at radius 2 is 1.54 bits per heavy atom. The average molecular weight is 352 g/mol. The molecule has 0 heterocycles. The van der Waals surface area contributed by atoms with Gasteiger partial charge in [0.1, 0.15) is 5.92 Å². The second-order valence-corrected chi connectivity index (χ2v) is 6.68. The number of hydrogen-bond acceptors (Lipinski definition) is 4. The fraction of sp³-hybridized carbons (Fsp3) is 0.250. The molecule has 0 saturated heterocycles. The maximum absolute atomic E-state index is 12.0. The summed E-state index contributed by atoms with van der Waals surface area (Å²) < 4.78 is 5.63. The summed E-state index contributed by atoms with van der Waals surface area (Å²) in [4.78, 5) is 35.8. The van der Waals surface area contributed by atoms with E-state index in [0.29, 0.717) is 11.1 Å². The van der Waals surface area contributed by atoms with Crippen molar-refractivity contribution in [3.05, 3.63) is 59.7 Å². The lowest BCUT2D eigenvalue weighted by Crippen LogP contribution is -2.66. The Balaban J connectivity index is 2.07. The van der Waals surface area contributed by atoms with Crippen LogP contribution in [0.3, 0.4) is 0 Å². The maximum atomic E-state index is 12.0. The molecule has 4 rings (SSSR count). The fourth-order valence-corrected chi connectivity index (χ4v) is 4.67. The Kier molecular flexibility index (Phi) is 3.41. The van der Waals surface area contributed by atoms with Crippen molar-refractivity contribution >= 4 is 17.9 Å². The van der Waals surface area contributed by atoms with Gasteiger partial charge < -0.3 is 14.9 Å². The van der Waals surface area contributed by atoms with E-state index >= 15 is 0 Å². The monoisotopic (exact) mass is 352 g/mol. The first-order chi connectivity index (χ1) is 12.4. The van der Waals surface area contributed by atoms with Gasteiger partial charge in [0.05, 0.1) is 5.92 Å². The summed E-state index contributed by atoms with van der Waals surface area (Å²) in [5.41, 5.74) is 1.31. The molecule has 0 radical (unpaired) electrons. The average Bonchev–Trinajstić information content (AvgIpc) is 2.57. The van der Waals surface area contributed by atoms with Crippen LogP contribution in [0.5, 0.6) is 0 Å². The van der Waals surface area contributed by atoms with Crippen LogP contribution in [0.25, 0.3) is 11.1 Å². The largest absolute Gasteiger partial charge is 0.481 e. The highest BCUT2D eigenvalue weighted by Gasteiger charge is 2.73. The van der Waals surface area contributed by atoms with Gasteiger partial charge in [0, 0.05) is 18.4 Å². The van der Waals surface area contributed by atoms with E-state index in [2.05, 4.69) is 0 Å². The summed E-state index contributed by atoms with van der Waals surface area (Å²) in [7, 11) is 0. The molecule has 0 aromatic heterocycles. The van der Waals surface area contributed by atoms with Crippen LogP contribution in [0.2, 0.25) is 0 Å². The van der Waals surface area contributed by atoms with Gasteiger partial charge in [-0.3, -0.25) is 14.4 Å². The van der Waals surface area contributed by atoms with Crippen LogP contribution in [-0.4, -0.2) is 28.1 Å². The Bertz CT molecular complexity index is 949. The highest BCUT2D eigenvalue weighted by Crippen LogP contribution is 2.67. The molecule has 4 atom stereocenters. The number of fused-ring (bicyclic) bond motifs is 6. The van der Waals surface area contributed by atoms with E-state index in [1.807, 2.05) is 24.3 Å². The van der Waals surface area contributed by atoms with E-state index in [-0.39, 0.29) is 0 Å². The molecule has 1 fully saturated rings. The second-order valence-electron chi connectivity index (χ2n) is 6.68. The van der Waals surface area contributed by atoms with Crippen molar-refractivity contribution in [1.82, 2.24) is 0 Å². The van der Waals surface area contributed by atoms with E-state index in [1.54, 1.807) is 24.3 Å². The van der Waals surface area contributed by atoms with Crippen LogP contribution >= 0.6 is 0 Å². The molecule has 1 unspecified atom stereocenters. The third-order valence-electron chi connectivity index (χ3n) is 5.44. The molecule has 0 aliphatic heterocycles. The quantitative estimate of drug-likeness (QED) is 0.824. The second kappa shape index (κ2) is 5.42. The molecule has 6 heteroatoms. The first-order valence-corrected chi connectivity index (χ1v) is 8.23. The summed E-state index contributed by atoms with van der Waals surface area (Å²) in [5.74, 6) is -6.43. The Hall–Kier alpha value is -3.15. The summed E-state index contributed by atoms with van der Waals surface area (Å²) in [6, 6.07) is 14.4. The molecule has 1 saturated carbocycles. The summed E-state index contributed by atoms with van der Waals surface area (Å²) in [6.45, 7) is 1.21. The predicted molar refractivity (Wildman–Crippen MR) is 90.3 cm³/mol. The van der Waals surface area contributed by atoms with E-state index in [4.69, 9.17) is 4.74 Å². The third-order valence-corrected chi connectivity index (χ3v) is 5.44. The molecule has 26 heavy (non-hydrogen) atoms. The number of esters is 1. The zero-order valence-electron chi connectivity index (χ0n) is 13.9. The van der Waals surface area contributed by atoms with Gasteiger partial charge in [-0.1, -0.05) is 48.5 Å². The van der Waals surface area contributed by atoms with Crippen LogP contribution in [0.1, 0.15) is 24.0 Å². The molecule has 0 spiro atoms. The topological polar surface area (TPSA) is 101 Å². The molecule has 0 amide bonds. The van der Waals surface area contributed by atoms with Crippen molar-refractivity contribution in [3.63, 3.8) is 0 Å². The van der Waals surface area contributed by atoms with Crippen LogP contribution < -0.4 is 0 Å². The van der Waals surface area contributed by atoms with Gasteiger partial charge >= 0.3 is 17.9 Å². The number of aliphatic carboxylic acids is 2. The lowest BCUT2D eigenvalue weighted by molar-refractivity contribution is -0.224. The molecule has 2 aliphatic carbocycles. The minimum Gasteiger partial charge on any atom is -0.481 e. The molecule has 132 valence electrons. The Morgan fingerprint density at radius 1 is 0.923 bits per heavy atom. The number of carboxylic acids is 2. The number of carbonyl (C=O) groups is 3. The zero-order valence-corrected chi connectivity index (χ0v) is 13.9. The molecular weight excluding hydrogens is 336 g/mol. The van der Waals surface area contributed by atoms with E-state index in [1.165, 1.54) is 6.92 Å². The number of carboxylic acid groups (broad SMARTS) is 2. The van der Waals surface area contributed by atoms with E-state index in [9.17, 15) is 24.6 Å². The maximum Gasteiger partial charge on any atom is 0.311 e. The van der Waals surface area contributed by atoms with Crippen molar-refractivity contribution in [2.75, 3.05) is 0 Å². The first-order valence-electron chi connectivity index (χ1n) is 8.23. The first kappa shape index (κ1) is 16.3.